The Labute approximate surface area is 199 Å². The van der Waals surface area contributed by atoms with Gasteiger partial charge in [-0.1, -0.05) is 30.3 Å². The van der Waals surface area contributed by atoms with E-state index in [0.29, 0.717) is 40.2 Å². The fraction of sp³-hybridized carbons (Fsp3) is 0.296. The van der Waals surface area contributed by atoms with Crippen molar-refractivity contribution in [1.29, 1.82) is 0 Å². The second-order valence-corrected chi connectivity index (χ2v) is 7.98. The molecule has 0 saturated carbocycles. The first-order valence-electron chi connectivity index (χ1n) is 11.3. The number of esters is 1. The van der Waals surface area contributed by atoms with E-state index in [-0.39, 0.29) is 37.2 Å². The van der Waals surface area contributed by atoms with Crippen molar-refractivity contribution in [2.75, 3.05) is 13.2 Å². The number of halogens is 1. The van der Waals surface area contributed by atoms with Crippen LogP contribution in [-0.2, 0) is 17.8 Å². The molecule has 3 rings (SSSR count). The molecule has 0 atom stereocenters. The van der Waals surface area contributed by atoms with Gasteiger partial charge >= 0.3 is 5.97 Å². The standard InChI is InChI=1S/C27H29FN2O4/c1-5-30-19(4)24(18(3)25(30)27(33)34-6-2)23(31)17-29(16-20-12-14-22(28)15-13-20)26(32)21-10-8-7-9-11-21/h7-15H,5-6,16-17H2,1-4H3. The van der Waals surface area contributed by atoms with Gasteiger partial charge in [0.15, 0.2) is 5.78 Å². The first-order valence-corrected chi connectivity index (χ1v) is 11.3. The normalized spacial score (nSPS) is 10.7. The third-order valence-electron chi connectivity index (χ3n) is 5.76. The number of ether oxygens (including phenoxy) is 1. The van der Waals surface area contributed by atoms with Crippen LogP contribution < -0.4 is 0 Å². The predicted molar refractivity (Wildman–Crippen MR) is 127 cm³/mol. The van der Waals surface area contributed by atoms with Crippen LogP contribution in [0.3, 0.4) is 0 Å². The number of hydrogen-bond acceptors (Lipinski definition) is 4. The molecular weight excluding hydrogens is 435 g/mol. The van der Waals surface area contributed by atoms with E-state index in [1.54, 1.807) is 61.7 Å². The highest BCUT2D eigenvalue weighted by Gasteiger charge is 2.28. The van der Waals surface area contributed by atoms with Gasteiger partial charge in [-0.2, -0.15) is 0 Å². The van der Waals surface area contributed by atoms with E-state index in [0.717, 1.165) is 0 Å². The largest absolute Gasteiger partial charge is 0.461 e. The molecule has 34 heavy (non-hydrogen) atoms. The number of rotatable bonds is 9. The van der Waals surface area contributed by atoms with E-state index in [1.165, 1.54) is 17.0 Å². The number of amides is 1. The van der Waals surface area contributed by atoms with Crippen molar-refractivity contribution in [3.8, 4) is 0 Å². The maximum Gasteiger partial charge on any atom is 0.355 e. The van der Waals surface area contributed by atoms with Gasteiger partial charge in [-0.15, -0.1) is 0 Å². The molecule has 0 fully saturated rings. The molecule has 178 valence electrons. The second kappa shape index (κ2) is 10.9. The molecule has 0 bridgehead atoms. The summed E-state index contributed by atoms with van der Waals surface area (Å²) in [5, 5.41) is 0. The Morgan fingerprint density at radius 3 is 2.21 bits per heavy atom. The SMILES string of the molecule is CCOC(=O)c1c(C)c(C(=O)CN(Cc2ccc(F)cc2)C(=O)c2ccccc2)c(C)n1CC. The molecule has 1 amide bonds. The first kappa shape index (κ1) is 24.9. The van der Waals surface area contributed by atoms with Crippen LogP contribution in [0.25, 0.3) is 0 Å². The zero-order valence-corrected chi connectivity index (χ0v) is 19.9. The number of aromatic nitrogens is 1. The molecule has 0 radical (unpaired) electrons. The number of ketones is 1. The van der Waals surface area contributed by atoms with Gasteiger partial charge in [0.1, 0.15) is 11.5 Å². The van der Waals surface area contributed by atoms with Gasteiger partial charge in [0, 0.05) is 29.9 Å². The third-order valence-corrected chi connectivity index (χ3v) is 5.76. The minimum absolute atomic E-state index is 0.136. The van der Waals surface area contributed by atoms with Crippen LogP contribution in [0, 0.1) is 19.7 Å². The lowest BCUT2D eigenvalue weighted by atomic mass is 10.0. The van der Waals surface area contributed by atoms with Crippen LogP contribution in [0.2, 0.25) is 0 Å². The monoisotopic (exact) mass is 464 g/mol. The summed E-state index contributed by atoms with van der Waals surface area (Å²) in [5.41, 5.74) is 3.10. The van der Waals surface area contributed by atoms with Gasteiger partial charge in [0.25, 0.3) is 5.91 Å². The Balaban J connectivity index is 1.97. The van der Waals surface area contributed by atoms with Gasteiger partial charge < -0.3 is 14.2 Å². The molecule has 0 unspecified atom stereocenters. The van der Waals surface area contributed by atoms with Crippen molar-refractivity contribution in [3.63, 3.8) is 0 Å². The van der Waals surface area contributed by atoms with Gasteiger partial charge in [-0.3, -0.25) is 9.59 Å². The summed E-state index contributed by atoms with van der Waals surface area (Å²) in [7, 11) is 0. The molecule has 3 aromatic rings. The summed E-state index contributed by atoms with van der Waals surface area (Å²) in [6.45, 7) is 7.80. The Morgan fingerprint density at radius 2 is 1.62 bits per heavy atom. The van der Waals surface area contributed by atoms with Crippen molar-refractivity contribution in [3.05, 3.63) is 94.1 Å². The molecule has 0 aliphatic heterocycles. The van der Waals surface area contributed by atoms with Crippen LogP contribution in [-0.4, -0.2) is 40.3 Å². The van der Waals surface area contributed by atoms with Crippen molar-refractivity contribution in [2.24, 2.45) is 0 Å². The lowest BCUT2D eigenvalue weighted by Gasteiger charge is -2.23. The zero-order chi connectivity index (χ0) is 24.8. The fourth-order valence-electron chi connectivity index (χ4n) is 4.19. The minimum atomic E-state index is -0.479. The van der Waals surface area contributed by atoms with Crippen LogP contribution in [0.1, 0.15) is 61.9 Å². The summed E-state index contributed by atoms with van der Waals surface area (Å²) in [4.78, 5) is 40.8. The van der Waals surface area contributed by atoms with Crippen LogP contribution in [0.4, 0.5) is 4.39 Å². The van der Waals surface area contributed by atoms with E-state index in [2.05, 4.69) is 0 Å². The number of carbonyl (C=O) groups is 3. The van der Waals surface area contributed by atoms with Crippen LogP contribution in [0.5, 0.6) is 0 Å². The lowest BCUT2D eigenvalue weighted by molar-refractivity contribution is 0.0512. The molecular formula is C27H29FN2O4. The molecule has 2 aromatic carbocycles. The van der Waals surface area contributed by atoms with Gasteiger partial charge in [0.05, 0.1) is 13.2 Å². The van der Waals surface area contributed by atoms with E-state index in [1.807, 2.05) is 13.0 Å². The van der Waals surface area contributed by atoms with Gasteiger partial charge in [-0.05, 0) is 63.1 Å². The molecule has 6 nitrogen and oxygen atoms in total. The average Bonchev–Trinajstić information content (AvgIpc) is 3.09. The smallest absolute Gasteiger partial charge is 0.355 e. The molecule has 0 spiro atoms. The first-order chi connectivity index (χ1) is 16.3. The highest BCUT2D eigenvalue weighted by atomic mass is 19.1. The number of benzene rings is 2. The van der Waals surface area contributed by atoms with Crippen molar-refractivity contribution in [2.45, 2.75) is 40.8 Å². The quantitative estimate of drug-likeness (QED) is 0.331. The van der Waals surface area contributed by atoms with Crippen LogP contribution in [0.15, 0.2) is 54.6 Å². The van der Waals surface area contributed by atoms with Crippen molar-refractivity contribution >= 4 is 17.7 Å². The van der Waals surface area contributed by atoms with Crippen molar-refractivity contribution in [1.82, 2.24) is 9.47 Å². The number of hydrogen-bond donors (Lipinski definition) is 0. The molecule has 0 aliphatic carbocycles. The summed E-state index contributed by atoms with van der Waals surface area (Å²) in [6.07, 6.45) is 0. The number of carbonyl (C=O) groups excluding carboxylic acids is 3. The molecule has 1 aromatic heterocycles. The van der Waals surface area contributed by atoms with Gasteiger partial charge in [-0.25, -0.2) is 9.18 Å². The molecule has 0 aliphatic rings. The van der Waals surface area contributed by atoms with E-state index >= 15 is 0 Å². The van der Waals surface area contributed by atoms with E-state index in [4.69, 9.17) is 4.74 Å². The summed E-state index contributed by atoms with van der Waals surface area (Å²) < 4.78 is 20.4. The van der Waals surface area contributed by atoms with Crippen LogP contribution >= 0.6 is 0 Å². The van der Waals surface area contributed by atoms with E-state index < -0.39 is 5.97 Å². The number of Topliss-reactive ketones (excluding diaryl/α,β-unsaturated/α-hetero) is 1. The Hall–Kier alpha value is -3.74. The Bertz CT molecular complexity index is 1180. The topological polar surface area (TPSA) is 68.6 Å². The Morgan fingerprint density at radius 1 is 0.971 bits per heavy atom. The molecule has 0 N–H and O–H groups in total. The highest BCUT2D eigenvalue weighted by Crippen LogP contribution is 2.25. The predicted octanol–water partition coefficient (Wildman–Crippen LogP) is 4.97. The molecule has 1 heterocycles. The minimum Gasteiger partial charge on any atom is -0.461 e. The average molecular weight is 465 g/mol. The second-order valence-electron chi connectivity index (χ2n) is 7.98. The summed E-state index contributed by atoms with van der Waals surface area (Å²) in [6, 6.07) is 14.5. The van der Waals surface area contributed by atoms with Crippen molar-refractivity contribution < 1.29 is 23.5 Å². The summed E-state index contributed by atoms with van der Waals surface area (Å²) >= 11 is 0. The number of nitrogens with zero attached hydrogens (tertiary/aromatic N) is 2. The highest BCUT2D eigenvalue weighted by molar-refractivity contribution is 6.06. The van der Waals surface area contributed by atoms with E-state index in [9.17, 15) is 18.8 Å². The zero-order valence-electron chi connectivity index (χ0n) is 19.9. The molecule has 0 saturated heterocycles. The molecule has 7 heteroatoms. The lowest BCUT2D eigenvalue weighted by Crippen LogP contribution is -2.35. The Kier molecular flexibility index (Phi) is 7.99. The fourth-order valence-corrected chi connectivity index (χ4v) is 4.19. The maximum absolute atomic E-state index is 13.5. The summed E-state index contributed by atoms with van der Waals surface area (Å²) in [5.74, 6) is -1.44. The maximum atomic E-state index is 13.5. The van der Waals surface area contributed by atoms with Gasteiger partial charge in [0.2, 0.25) is 0 Å². The third kappa shape index (κ3) is 5.25.